The quantitative estimate of drug-likeness (QED) is 0.739. The van der Waals surface area contributed by atoms with Crippen LogP contribution in [0.25, 0.3) is 10.9 Å². The van der Waals surface area contributed by atoms with Crippen LogP contribution in [0.5, 0.6) is 0 Å². The molecule has 1 aromatic carbocycles. The molecule has 1 fully saturated rings. The van der Waals surface area contributed by atoms with Gasteiger partial charge in [-0.1, -0.05) is 18.2 Å². The number of benzene rings is 1. The Morgan fingerprint density at radius 3 is 2.86 bits per heavy atom. The minimum absolute atomic E-state index is 0.124. The van der Waals surface area contributed by atoms with Gasteiger partial charge in [0.05, 0.1) is 11.2 Å². The number of ether oxygens (including phenoxy) is 1. The van der Waals surface area contributed by atoms with E-state index >= 15 is 0 Å². The van der Waals surface area contributed by atoms with E-state index in [1.165, 1.54) is 6.20 Å². The minimum atomic E-state index is -4.42. The van der Waals surface area contributed by atoms with Gasteiger partial charge in [0, 0.05) is 23.7 Å². The van der Waals surface area contributed by atoms with Gasteiger partial charge in [0.1, 0.15) is 6.23 Å². The topological polar surface area (TPSA) is 25.4 Å². The molecule has 3 heterocycles. The molecule has 6 heteroatoms. The Morgan fingerprint density at radius 2 is 2.05 bits per heavy atom. The van der Waals surface area contributed by atoms with Crippen molar-refractivity contribution in [3.8, 4) is 0 Å². The number of aromatic nitrogens is 1. The third-order valence-corrected chi connectivity index (χ3v) is 4.13. The van der Waals surface area contributed by atoms with E-state index < -0.39 is 18.5 Å². The number of alkyl halides is 3. The van der Waals surface area contributed by atoms with Crippen molar-refractivity contribution in [2.45, 2.75) is 31.3 Å². The zero-order valence-electron chi connectivity index (χ0n) is 11.1. The fourth-order valence-electron chi connectivity index (χ4n) is 3.27. The summed E-state index contributed by atoms with van der Waals surface area (Å²) in [7, 11) is 0. The maximum atomic E-state index is 13.3. The monoisotopic (exact) mass is 294 g/mol. The van der Waals surface area contributed by atoms with Crippen LogP contribution in [0.2, 0.25) is 0 Å². The molecule has 3 nitrogen and oxygen atoms in total. The lowest BCUT2D eigenvalue weighted by atomic mass is 10.0. The Balaban J connectivity index is 1.99. The first-order valence-corrected chi connectivity index (χ1v) is 6.92. The molecule has 21 heavy (non-hydrogen) atoms. The van der Waals surface area contributed by atoms with Crippen LogP contribution in [0.15, 0.2) is 30.5 Å². The second kappa shape index (κ2) is 4.34. The molecule has 0 spiro atoms. The van der Waals surface area contributed by atoms with E-state index in [9.17, 15) is 13.2 Å². The molecule has 2 unspecified atom stereocenters. The first-order chi connectivity index (χ1) is 10.1. The average molecular weight is 294 g/mol. The number of para-hydroxylation sites is 1. The van der Waals surface area contributed by atoms with E-state index in [-0.39, 0.29) is 5.56 Å². The van der Waals surface area contributed by atoms with Gasteiger partial charge in [0.2, 0.25) is 0 Å². The Kier molecular flexibility index (Phi) is 2.66. The van der Waals surface area contributed by atoms with Crippen molar-refractivity contribution >= 4 is 16.6 Å². The number of hydrogen-bond acceptors (Lipinski definition) is 3. The first-order valence-electron chi connectivity index (χ1n) is 6.92. The molecular formula is C15H13F3N2O. The number of anilines is 1. The van der Waals surface area contributed by atoms with Crippen molar-refractivity contribution in [1.82, 2.24) is 4.98 Å². The molecule has 2 aromatic rings. The molecule has 110 valence electrons. The number of nitrogens with zero attached hydrogens (tertiary/aromatic N) is 2. The van der Waals surface area contributed by atoms with Crippen LogP contribution in [0.3, 0.4) is 0 Å². The van der Waals surface area contributed by atoms with Crippen LogP contribution in [0, 0.1) is 0 Å². The molecule has 2 atom stereocenters. The molecule has 0 N–H and O–H groups in total. The van der Waals surface area contributed by atoms with E-state index in [4.69, 9.17) is 4.74 Å². The summed E-state index contributed by atoms with van der Waals surface area (Å²) in [5.41, 5.74) is 1.47. The zero-order valence-corrected chi connectivity index (χ0v) is 11.1. The fraction of sp³-hybridized carbons (Fsp3) is 0.400. The number of fused-ring (bicyclic) bond motifs is 5. The molecular weight excluding hydrogens is 281 g/mol. The zero-order chi connectivity index (χ0) is 14.6. The third-order valence-electron chi connectivity index (χ3n) is 4.13. The summed E-state index contributed by atoms with van der Waals surface area (Å²) in [5.74, 6) is 0. The minimum Gasteiger partial charge on any atom is -0.345 e. The predicted molar refractivity (Wildman–Crippen MR) is 72.0 cm³/mol. The van der Waals surface area contributed by atoms with E-state index in [1.807, 2.05) is 29.2 Å². The van der Waals surface area contributed by atoms with Crippen molar-refractivity contribution in [1.29, 1.82) is 0 Å². The fourth-order valence-corrected chi connectivity index (χ4v) is 3.27. The lowest BCUT2D eigenvalue weighted by Gasteiger charge is -2.39. The van der Waals surface area contributed by atoms with Gasteiger partial charge in [-0.05, 0) is 18.9 Å². The molecule has 1 aromatic heterocycles. The van der Waals surface area contributed by atoms with E-state index in [0.717, 1.165) is 18.4 Å². The standard InChI is InChI=1S/C15H13F3N2O/c16-15(17,18)14-10-8-19-11-5-2-1-4-9(11)13(10)20-7-3-6-12(20)21-14/h1-2,4-5,8,12,14H,3,6-7H2. The molecule has 2 aliphatic heterocycles. The van der Waals surface area contributed by atoms with Crippen LogP contribution in [-0.4, -0.2) is 23.9 Å². The largest absolute Gasteiger partial charge is 0.419 e. The van der Waals surface area contributed by atoms with Crippen molar-refractivity contribution in [3.63, 3.8) is 0 Å². The summed E-state index contributed by atoms with van der Waals surface area (Å²) in [6.45, 7) is 0.719. The number of pyridine rings is 1. The normalized spacial score (nSPS) is 25.0. The van der Waals surface area contributed by atoms with Crippen molar-refractivity contribution in [2.75, 3.05) is 11.4 Å². The van der Waals surface area contributed by atoms with E-state index in [2.05, 4.69) is 4.98 Å². The summed E-state index contributed by atoms with van der Waals surface area (Å²) in [5, 5.41) is 0.763. The van der Waals surface area contributed by atoms with E-state index in [1.54, 1.807) is 0 Å². The Morgan fingerprint density at radius 1 is 1.24 bits per heavy atom. The second-order valence-corrected chi connectivity index (χ2v) is 5.43. The highest BCUT2D eigenvalue weighted by molar-refractivity contribution is 5.94. The van der Waals surface area contributed by atoms with Gasteiger partial charge in [-0.2, -0.15) is 13.2 Å². The van der Waals surface area contributed by atoms with Crippen LogP contribution in [-0.2, 0) is 4.74 Å². The van der Waals surface area contributed by atoms with Crippen LogP contribution in [0.4, 0.5) is 18.9 Å². The van der Waals surface area contributed by atoms with Gasteiger partial charge in [-0.25, -0.2) is 0 Å². The van der Waals surface area contributed by atoms with Gasteiger partial charge in [-0.3, -0.25) is 4.98 Å². The van der Waals surface area contributed by atoms with Crippen molar-refractivity contribution in [2.24, 2.45) is 0 Å². The van der Waals surface area contributed by atoms with Crippen LogP contribution >= 0.6 is 0 Å². The van der Waals surface area contributed by atoms with Gasteiger partial charge in [0.15, 0.2) is 6.10 Å². The molecule has 0 saturated carbocycles. The summed E-state index contributed by atoms with van der Waals surface area (Å²) >= 11 is 0. The summed E-state index contributed by atoms with van der Waals surface area (Å²) < 4.78 is 45.2. The summed E-state index contributed by atoms with van der Waals surface area (Å²) in [4.78, 5) is 6.11. The Bertz CT molecular complexity index is 701. The summed E-state index contributed by atoms with van der Waals surface area (Å²) in [6.07, 6.45) is -4.02. The highest BCUT2D eigenvalue weighted by Crippen LogP contribution is 2.49. The molecule has 0 amide bonds. The molecule has 4 rings (SSSR count). The van der Waals surface area contributed by atoms with Gasteiger partial charge in [-0.15, -0.1) is 0 Å². The number of halogens is 3. The van der Waals surface area contributed by atoms with Crippen LogP contribution < -0.4 is 4.90 Å². The highest BCUT2D eigenvalue weighted by atomic mass is 19.4. The smallest absolute Gasteiger partial charge is 0.345 e. The predicted octanol–water partition coefficient (Wildman–Crippen LogP) is 3.79. The lowest BCUT2D eigenvalue weighted by molar-refractivity contribution is -0.238. The molecule has 0 bridgehead atoms. The summed E-state index contributed by atoms with van der Waals surface area (Å²) in [6, 6.07) is 7.31. The van der Waals surface area contributed by atoms with Gasteiger partial charge in [0.25, 0.3) is 0 Å². The molecule has 0 aliphatic carbocycles. The van der Waals surface area contributed by atoms with Crippen molar-refractivity contribution < 1.29 is 17.9 Å². The van der Waals surface area contributed by atoms with Crippen LogP contribution in [0.1, 0.15) is 24.5 Å². The Labute approximate surface area is 119 Å². The van der Waals surface area contributed by atoms with Gasteiger partial charge < -0.3 is 9.64 Å². The number of rotatable bonds is 0. The maximum absolute atomic E-state index is 13.3. The highest BCUT2D eigenvalue weighted by Gasteiger charge is 2.50. The number of hydrogen-bond donors (Lipinski definition) is 0. The third kappa shape index (κ3) is 1.89. The Hall–Kier alpha value is -1.82. The van der Waals surface area contributed by atoms with E-state index in [0.29, 0.717) is 17.6 Å². The second-order valence-electron chi connectivity index (χ2n) is 5.43. The molecule has 2 aliphatic rings. The molecule has 0 radical (unpaired) electrons. The first kappa shape index (κ1) is 12.9. The van der Waals surface area contributed by atoms with Crippen molar-refractivity contribution in [3.05, 3.63) is 36.0 Å². The van der Waals surface area contributed by atoms with Gasteiger partial charge >= 0.3 is 6.18 Å². The SMILES string of the molecule is FC(F)(F)C1OC2CCCN2c2c1cnc1ccccc21. The maximum Gasteiger partial charge on any atom is 0.419 e. The molecule has 1 saturated heterocycles. The lowest BCUT2D eigenvalue weighted by Crippen LogP contribution is -2.42. The average Bonchev–Trinajstić information content (AvgIpc) is 2.93.